The van der Waals surface area contributed by atoms with Crippen LogP contribution in [-0.2, 0) is 11.3 Å². The van der Waals surface area contributed by atoms with Gasteiger partial charge >= 0.3 is 6.09 Å². The highest BCUT2D eigenvalue weighted by Gasteiger charge is 2.27. The van der Waals surface area contributed by atoms with Gasteiger partial charge in [-0.15, -0.1) is 0 Å². The Bertz CT molecular complexity index is 394. The number of carbonyl (C=O) groups excluding carboxylic acids is 1. The maximum atomic E-state index is 11.2. The second-order valence-electron chi connectivity index (χ2n) is 4.90. The highest BCUT2D eigenvalue weighted by Crippen LogP contribution is 2.13. The minimum Gasteiger partial charge on any atom is -0.444 e. The van der Waals surface area contributed by atoms with E-state index >= 15 is 0 Å². The SMILES string of the molecule is CN(CC[C@H]1CN(C)C(=O)O1)Cc1ccccc1. The largest absolute Gasteiger partial charge is 0.444 e. The second kappa shape index (κ2) is 5.87. The maximum Gasteiger partial charge on any atom is 0.409 e. The first-order valence-electron chi connectivity index (χ1n) is 6.29. The molecule has 1 atom stereocenters. The van der Waals surface area contributed by atoms with Gasteiger partial charge in [0.1, 0.15) is 6.10 Å². The number of amides is 1. The van der Waals surface area contributed by atoms with Crippen LogP contribution in [0.1, 0.15) is 12.0 Å². The molecule has 1 saturated heterocycles. The lowest BCUT2D eigenvalue weighted by Gasteiger charge is -2.18. The molecule has 1 aliphatic rings. The number of likely N-dealkylation sites (N-methyl/N-ethyl adjacent to an activating group) is 1. The van der Waals surface area contributed by atoms with Crippen LogP contribution < -0.4 is 0 Å². The van der Waals surface area contributed by atoms with Crippen molar-refractivity contribution in [3.63, 3.8) is 0 Å². The first-order chi connectivity index (χ1) is 8.65. The van der Waals surface area contributed by atoms with Gasteiger partial charge in [0, 0.05) is 20.1 Å². The van der Waals surface area contributed by atoms with E-state index in [0.29, 0.717) is 6.54 Å². The molecule has 1 aromatic carbocycles. The van der Waals surface area contributed by atoms with Crippen molar-refractivity contribution < 1.29 is 9.53 Å². The highest BCUT2D eigenvalue weighted by molar-refractivity contribution is 5.69. The first kappa shape index (κ1) is 12.9. The summed E-state index contributed by atoms with van der Waals surface area (Å²) in [4.78, 5) is 15.1. The number of rotatable bonds is 5. The fourth-order valence-electron chi connectivity index (χ4n) is 2.14. The van der Waals surface area contributed by atoms with Crippen molar-refractivity contribution in [2.24, 2.45) is 0 Å². The zero-order valence-corrected chi connectivity index (χ0v) is 11.0. The molecule has 0 aromatic heterocycles. The average molecular weight is 248 g/mol. The highest BCUT2D eigenvalue weighted by atomic mass is 16.6. The third-order valence-corrected chi connectivity index (χ3v) is 3.18. The quantitative estimate of drug-likeness (QED) is 0.798. The Morgan fingerprint density at radius 2 is 2.11 bits per heavy atom. The molecule has 98 valence electrons. The third kappa shape index (κ3) is 3.47. The normalized spacial score (nSPS) is 19.4. The fraction of sp³-hybridized carbons (Fsp3) is 0.500. The number of ether oxygens (including phenoxy) is 1. The standard InChI is InChI=1S/C14H20N2O2/c1-15(10-12-6-4-3-5-7-12)9-8-13-11-16(2)14(17)18-13/h3-7,13H,8-11H2,1-2H3/t13-/m0/s1. The molecule has 0 saturated carbocycles. The molecule has 4 nitrogen and oxygen atoms in total. The monoisotopic (exact) mass is 248 g/mol. The first-order valence-corrected chi connectivity index (χ1v) is 6.29. The van der Waals surface area contributed by atoms with Crippen LogP contribution in [0, 0.1) is 0 Å². The molecular weight excluding hydrogens is 228 g/mol. The van der Waals surface area contributed by atoms with Gasteiger partial charge in [-0.3, -0.25) is 0 Å². The zero-order chi connectivity index (χ0) is 13.0. The predicted molar refractivity (Wildman–Crippen MR) is 70.3 cm³/mol. The van der Waals surface area contributed by atoms with E-state index in [0.717, 1.165) is 19.5 Å². The van der Waals surface area contributed by atoms with Crippen molar-refractivity contribution in [3.05, 3.63) is 35.9 Å². The van der Waals surface area contributed by atoms with E-state index in [-0.39, 0.29) is 12.2 Å². The predicted octanol–water partition coefficient (Wildman–Crippen LogP) is 1.96. The van der Waals surface area contributed by atoms with Crippen LogP contribution in [0.2, 0.25) is 0 Å². The van der Waals surface area contributed by atoms with Gasteiger partial charge in [0.05, 0.1) is 6.54 Å². The summed E-state index contributed by atoms with van der Waals surface area (Å²) < 4.78 is 5.23. The molecule has 0 bridgehead atoms. The summed E-state index contributed by atoms with van der Waals surface area (Å²) in [6, 6.07) is 10.4. The van der Waals surface area contributed by atoms with E-state index in [2.05, 4.69) is 36.2 Å². The Kier molecular flexibility index (Phi) is 4.20. The molecule has 18 heavy (non-hydrogen) atoms. The molecule has 1 fully saturated rings. The lowest BCUT2D eigenvalue weighted by atomic mass is 10.2. The van der Waals surface area contributed by atoms with Crippen LogP contribution in [0.5, 0.6) is 0 Å². The van der Waals surface area contributed by atoms with E-state index in [4.69, 9.17) is 4.74 Å². The summed E-state index contributed by atoms with van der Waals surface area (Å²) in [6.07, 6.45) is 0.728. The van der Waals surface area contributed by atoms with Crippen LogP contribution in [-0.4, -0.2) is 49.2 Å². The van der Waals surface area contributed by atoms with Gasteiger partial charge in [-0.05, 0) is 19.0 Å². The molecule has 0 N–H and O–H groups in total. The third-order valence-electron chi connectivity index (χ3n) is 3.18. The summed E-state index contributed by atoms with van der Waals surface area (Å²) in [5.74, 6) is 0. The molecule has 4 heteroatoms. The van der Waals surface area contributed by atoms with Crippen molar-refractivity contribution in [1.82, 2.24) is 9.80 Å². The maximum absolute atomic E-state index is 11.2. The summed E-state index contributed by atoms with van der Waals surface area (Å²) in [5.41, 5.74) is 1.31. The molecule has 1 heterocycles. The smallest absolute Gasteiger partial charge is 0.409 e. The lowest BCUT2D eigenvalue weighted by Crippen LogP contribution is -2.25. The van der Waals surface area contributed by atoms with E-state index in [9.17, 15) is 4.79 Å². The number of benzene rings is 1. The molecule has 1 aromatic rings. The molecule has 0 spiro atoms. The summed E-state index contributed by atoms with van der Waals surface area (Å²) in [6.45, 7) is 2.57. The number of hydrogen-bond donors (Lipinski definition) is 0. The van der Waals surface area contributed by atoms with Crippen molar-refractivity contribution in [3.8, 4) is 0 Å². The summed E-state index contributed by atoms with van der Waals surface area (Å²) >= 11 is 0. The van der Waals surface area contributed by atoms with Gasteiger partial charge in [-0.2, -0.15) is 0 Å². The van der Waals surface area contributed by atoms with Crippen LogP contribution in [0.25, 0.3) is 0 Å². The lowest BCUT2D eigenvalue weighted by molar-refractivity contribution is 0.124. The zero-order valence-electron chi connectivity index (χ0n) is 11.0. The van der Waals surface area contributed by atoms with Gasteiger partial charge in [-0.1, -0.05) is 30.3 Å². The van der Waals surface area contributed by atoms with Crippen molar-refractivity contribution in [2.45, 2.75) is 19.1 Å². The molecule has 1 amide bonds. The van der Waals surface area contributed by atoms with E-state index in [1.807, 2.05) is 6.07 Å². The number of nitrogens with zero attached hydrogens (tertiary/aromatic N) is 2. The molecule has 0 radical (unpaired) electrons. The molecule has 0 aliphatic carbocycles. The Balaban J connectivity index is 1.72. The fourth-order valence-corrected chi connectivity index (χ4v) is 2.14. The molecule has 0 unspecified atom stereocenters. The van der Waals surface area contributed by atoms with Crippen LogP contribution >= 0.6 is 0 Å². The van der Waals surface area contributed by atoms with E-state index in [1.165, 1.54) is 5.56 Å². The Morgan fingerprint density at radius 1 is 1.39 bits per heavy atom. The second-order valence-corrected chi connectivity index (χ2v) is 4.90. The van der Waals surface area contributed by atoms with Gasteiger partial charge in [0.2, 0.25) is 0 Å². The number of hydrogen-bond acceptors (Lipinski definition) is 3. The average Bonchev–Trinajstić information content (AvgIpc) is 2.68. The van der Waals surface area contributed by atoms with E-state index < -0.39 is 0 Å². The summed E-state index contributed by atoms with van der Waals surface area (Å²) in [5, 5.41) is 0. The van der Waals surface area contributed by atoms with Crippen molar-refractivity contribution in [1.29, 1.82) is 0 Å². The number of cyclic esters (lactones) is 1. The molecule has 2 rings (SSSR count). The topological polar surface area (TPSA) is 32.8 Å². The van der Waals surface area contributed by atoms with Crippen LogP contribution in [0.3, 0.4) is 0 Å². The minimum atomic E-state index is -0.203. The molecular formula is C14H20N2O2. The van der Waals surface area contributed by atoms with Crippen LogP contribution in [0.4, 0.5) is 4.79 Å². The van der Waals surface area contributed by atoms with Gasteiger partial charge in [0.15, 0.2) is 0 Å². The number of carbonyl (C=O) groups is 1. The van der Waals surface area contributed by atoms with E-state index in [1.54, 1.807) is 11.9 Å². The molecule has 1 aliphatic heterocycles. The van der Waals surface area contributed by atoms with Crippen molar-refractivity contribution in [2.75, 3.05) is 27.2 Å². The summed E-state index contributed by atoms with van der Waals surface area (Å²) in [7, 11) is 3.86. The Morgan fingerprint density at radius 3 is 2.72 bits per heavy atom. The Hall–Kier alpha value is -1.55. The van der Waals surface area contributed by atoms with Gasteiger partial charge in [0.25, 0.3) is 0 Å². The van der Waals surface area contributed by atoms with Gasteiger partial charge in [-0.25, -0.2) is 4.79 Å². The van der Waals surface area contributed by atoms with Crippen molar-refractivity contribution >= 4 is 6.09 Å². The van der Waals surface area contributed by atoms with Crippen LogP contribution in [0.15, 0.2) is 30.3 Å². The minimum absolute atomic E-state index is 0.0423. The van der Waals surface area contributed by atoms with Gasteiger partial charge < -0.3 is 14.5 Å². The Labute approximate surface area is 108 Å².